The van der Waals surface area contributed by atoms with Gasteiger partial charge in [0.05, 0.1) is 11.4 Å². The number of fused-ring (bicyclic) bond motifs is 1. The standard InChI is InChI=1S/C12H12ClN3O/c1-15-6-9(14)12(17)11-5-7-4-8(13)2-3-10(7)16-11/h2-6,15-16H,14H2,1H3/b9-6+. The maximum absolute atomic E-state index is 11.9. The Labute approximate surface area is 103 Å². The summed E-state index contributed by atoms with van der Waals surface area (Å²) in [5.41, 5.74) is 7.08. The predicted octanol–water partition coefficient (Wildman–Crippen LogP) is 2.02. The summed E-state index contributed by atoms with van der Waals surface area (Å²) < 4.78 is 0. The number of carbonyl (C=O) groups is 1. The van der Waals surface area contributed by atoms with Crippen LogP contribution in [0.1, 0.15) is 10.5 Å². The van der Waals surface area contributed by atoms with Crippen molar-refractivity contribution in [2.45, 2.75) is 0 Å². The predicted molar refractivity (Wildman–Crippen MR) is 69.0 cm³/mol. The molecule has 5 heteroatoms. The molecule has 0 atom stereocenters. The molecule has 0 radical (unpaired) electrons. The van der Waals surface area contributed by atoms with Crippen molar-refractivity contribution in [2.75, 3.05) is 7.05 Å². The Morgan fingerprint density at radius 1 is 1.47 bits per heavy atom. The molecule has 2 rings (SSSR count). The van der Waals surface area contributed by atoms with E-state index in [1.807, 2.05) is 6.07 Å². The van der Waals surface area contributed by atoms with Crippen molar-refractivity contribution in [2.24, 2.45) is 5.73 Å². The Hall–Kier alpha value is -1.94. The molecule has 0 bridgehead atoms. The van der Waals surface area contributed by atoms with Crippen LogP contribution in [0.2, 0.25) is 5.02 Å². The highest BCUT2D eigenvalue weighted by atomic mass is 35.5. The second-order valence-corrected chi connectivity index (χ2v) is 4.07. The number of halogens is 1. The normalized spacial score (nSPS) is 11.8. The van der Waals surface area contributed by atoms with E-state index in [1.165, 1.54) is 6.20 Å². The van der Waals surface area contributed by atoms with Gasteiger partial charge in [0.15, 0.2) is 0 Å². The molecule has 0 aliphatic rings. The van der Waals surface area contributed by atoms with E-state index in [1.54, 1.807) is 25.2 Å². The number of ketones is 1. The molecule has 0 unspecified atom stereocenters. The molecular formula is C12H12ClN3O. The number of benzene rings is 1. The first-order chi connectivity index (χ1) is 8.11. The third-order valence-electron chi connectivity index (χ3n) is 2.39. The SMILES string of the molecule is CN/C=C(/N)C(=O)c1cc2cc(Cl)ccc2[nH]1. The molecule has 0 aliphatic heterocycles. The van der Waals surface area contributed by atoms with Gasteiger partial charge in [-0.2, -0.15) is 0 Å². The number of carbonyl (C=O) groups excluding carboxylic acids is 1. The van der Waals surface area contributed by atoms with Gasteiger partial charge in [0.2, 0.25) is 5.78 Å². The zero-order chi connectivity index (χ0) is 12.4. The number of hydrogen-bond acceptors (Lipinski definition) is 3. The van der Waals surface area contributed by atoms with Crippen LogP contribution in [0.15, 0.2) is 36.2 Å². The number of hydrogen-bond donors (Lipinski definition) is 3. The highest BCUT2D eigenvalue weighted by molar-refractivity contribution is 6.31. The van der Waals surface area contributed by atoms with Crippen molar-refractivity contribution < 1.29 is 4.79 Å². The van der Waals surface area contributed by atoms with Crippen LogP contribution in [-0.2, 0) is 0 Å². The summed E-state index contributed by atoms with van der Waals surface area (Å²) in [5, 5.41) is 4.24. The maximum Gasteiger partial charge on any atom is 0.226 e. The molecule has 0 spiro atoms. The Morgan fingerprint density at radius 2 is 2.24 bits per heavy atom. The van der Waals surface area contributed by atoms with E-state index >= 15 is 0 Å². The number of nitrogens with two attached hydrogens (primary N) is 1. The Bertz CT molecular complexity index is 601. The molecule has 1 aromatic carbocycles. The minimum absolute atomic E-state index is 0.158. The summed E-state index contributed by atoms with van der Waals surface area (Å²) in [5.74, 6) is -0.244. The molecule has 0 saturated heterocycles. The molecule has 2 aromatic rings. The van der Waals surface area contributed by atoms with E-state index < -0.39 is 0 Å². The topological polar surface area (TPSA) is 70.9 Å². The van der Waals surface area contributed by atoms with Crippen molar-refractivity contribution in [1.82, 2.24) is 10.3 Å². The summed E-state index contributed by atoms with van der Waals surface area (Å²) in [6.45, 7) is 0. The monoisotopic (exact) mass is 249 g/mol. The Balaban J connectivity index is 2.43. The lowest BCUT2D eigenvalue weighted by atomic mass is 10.2. The van der Waals surface area contributed by atoms with E-state index in [9.17, 15) is 4.79 Å². The highest BCUT2D eigenvalue weighted by Crippen LogP contribution is 2.20. The van der Waals surface area contributed by atoms with E-state index in [2.05, 4.69) is 10.3 Å². The molecule has 0 fully saturated rings. The van der Waals surface area contributed by atoms with Gasteiger partial charge in [0.1, 0.15) is 0 Å². The van der Waals surface area contributed by atoms with Gasteiger partial charge in [-0.05, 0) is 24.3 Å². The molecule has 17 heavy (non-hydrogen) atoms. The van der Waals surface area contributed by atoms with Gasteiger partial charge < -0.3 is 16.0 Å². The van der Waals surface area contributed by atoms with E-state index in [-0.39, 0.29) is 11.5 Å². The van der Waals surface area contributed by atoms with E-state index in [0.717, 1.165) is 10.9 Å². The van der Waals surface area contributed by atoms with Gasteiger partial charge in [0.25, 0.3) is 0 Å². The van der Waals surface area contributed by atoms with Crippen molar-refractivity contribution in [3.05, 3.63) is 46.9 Å². The maximum atomic E-state index is 11.9. The zero-order valence-corrected chi connectivity index (χ0v) is 10.0. The van der Waals surface area contributed by atoms with Crippen LogP contribution < -0.4 is 11.1 Å². The molecule has 88 valence electrons. The van der Waals surface area contributed by atoms with E-state index in [4.69, 9.17) is 17.3 Å². The van der Waals surface area contributed by atoms with Gasteiger partial charge in [-0.1, -0.05) is 11.6 Å². The fraction of sp³-hybridized carbons (Fsp3) is 0.0833. The molecule has 1 heterocycles. The number of nitrogens with one attached hydrogen (secondary N) is 2. The van der Waals surface area contributed by atoms with Crippen LogP contribution in [0.4, 0.5) is 0 Å². The van der Waals surface area contributed by atoms with Crippen LogP contribution in [0.5, 0.6) is 0 Å². The van der Waals surface area contributed by atoms with Crippen molar-refractivity contribution in [3.63, 3.8) is 0 Å². The number of aromatic nitrogens is 1. The van der Waals surface area contributed by atoms with Crippen LogP contribution in [0, 0.1) is 0 Å². The third kappa shape index (κ3) is 2.26. The van der Waals surface area contributed by atoms with Gasteiger partial charge in [-0.15, -0.1) is 0 Å². The first kappa shape index (κ1) is 11.5. The largest absolute Gasteiger partial charge is 0.394 e. The molecule has 0 amide bonds. The fourth-order valence-corrected chi connectivity index (χ4v) is 1.78. The van der Waals surface area contributed by atoms with Crippen LogP contribution in [0.3, 0.4) is 0 Å². The molecule has 0 aliphatic carbocycles. The van der Waals surface area contributed by atoms with Crippen molar-refractivity contribution in [1.29, 1.82) is 0 Å². The smallest absolute Gasteiger partial charge is 0.226 e. The number of H-pyrrole nitrogens is 1. The summed E-state index contributed by atoms with van der Waals surface area (Å²) >= 11 is 5.87. The average molecular weight is 250 g/mol. The van der Waals surface area contributed by atoms with Gasteiger partial charge in [0, 0.05) is 29.2 Å². The summed E-state index contributed by atoms with van der Waals surface area (Å²) in [6.07, 6.45) is 1.46. The Kier molecular flexibility index (Phi) is 3.06. The summed E-state index contributed by atoms with van der Waals surface area (Å²) in [4.78, 5) is 14.9. The number of Topliss-reactive ketones (excluding diaryl/α,β-unsaturated/α-hetero) is 1. The first-order valence-corrected chi connectivity index (χ1v) is 5.45. The number of allylic oxidation sites excluding steroid dienone is 1. The van der Waals surface area contributed by atoms with Gasteiger partial charge in [-0.25, -0.2) is 0 Å². The van der Waals surface area contributed by atoms with Crippen LogP contribution in [-0.4, -0.2) is 17.8 Å². The molecule has 4 nitrogen and oxygen atoms in total. The highest BCUT2D eigenvalue weighted by Gasteiger charge is 2.12. The summed E-state index contributed by atoms with van der Waals surface area (Å²) in [7, 11) is 1.69. The molecule has 1 aromatic heterocycles. The molecular weight excluding hydrogens is 238 g/mol. The quantitative estimate of drug-likeness (QED) is 0.576. The van der Waals surface area contributed by atoms with E-state index in [0.29, 0.717) is 10.7 Å². The lowest BCUT2D eigenvalue weighted by Crippen LogP contribution is -2.14. The molecule has 0 saturated carbocycles. The Morgan fingerprint density at radius 3 is 2.94 bits per heavy atom. The minimum atomic E-state index is -0.244. The fourth-order valence-electron chi connectivity index (χ4n) is 1.60. The first-order valence-electron chi connectivity index (χ1n) is 5.07. The lowest BCUT2D eigenvalue weighted by molar-refractivity contribution is 0.102. The lowest BCUT2D eigenvalue weighted by Gasteiger charge is -1.97. The minimum Gasteiger partial charge on any atom is -0.394 e. The van der Waals surface area contributed by atoms with Crippen molar-refractivity contribution >= 4 is 28.3 Å². The second-order valence-electron chi connectivity index (χ2n) is 3.63. The average Bonchev–Trinajstić information content (AvgIpc) is 2.71. The third-order valence-corrected chi connectivity index (χ3v) is 2.62. The number of aromatic amines is 1. The summed E-state index contributed by atoms with van der Waals surface area (Å²) in [6, 6.07) is 7.12. The van der Waals surface area contributed by atoms with Crippen molar-refractivity contribution in [3.8, 4) is 0 Å². The van der Waals surface area contributed by atoms with Gasteiger partial charge >= 0.3 is 0 Å². The number of rotatable bonds is 3. The van der Waals surface area contributed by atoms with Crippen LogP contribution >= 0.6 is 11.6 Å². The zero-order valence-electron chi connectivity index (χ0n) is 9.25. The van der Waals surface area contributed by atoms with Gasteiger partial charge in [-0.3, -0.25) is 4.79 Å². The van der Waals surface area contributed by atoms with Crippen LogP contribution in [0.25, 0.3) is 10.9 Å². The second kappa shape index (κ2) is 4.51. The molecule has 4 N–H and O–H groups in total.